The van der Waals surface area contributed by atoms with E-state index in [4.69, 9.17) is 51.1 Å². The molecule has 0 atom stereocenters. The molecule has 7 heteroatoms. The molecule has 0 aromatic heterocycles. The molecule has 0 aliphatic carbocycles. The monoisotopic (exact) mass is 366 g/mol. The van der Waals surface area contributed by atoms with Crippen LogP contribution in [0.25, 0.3) is 0 Å². The van der Waals surface area contributed by atoms with Crippen molar-refractivity contribution in [3.05, 3.63) is 61.3 Å². The molecule has 0 N–H and O–H groups in total. The molecular weight excluding hydrogens is 361 g/mol. The molecule has 0 aliphatic rings. The standard InChI is InChI=1S/C14H7Cl4FO2/c1-21-6-2-3-7(10(19)4-6)14(20)11-8(15)5-9(16)12(17)13(11)18/h2-5H,1H3. The topological polar surface area (TPSA) is 26.3 Å². The van der Waals surface area contributed by atoms with E-state index in [1.54, 1.807) is 0 Å². The Hall–Kier alpha value is -1.000. The minimum atomic E-state index is -0.752. The van der Waals surface area contributed by atoms with E-state index in [2.05, 4.69) is 0 Å². The SMILES string of the molecule is COc1ccc(C(=O)c2c(Cl)cc(Cl)c(Cl)c2Cl)c(F)c1. The van der Waals surface area contributed by atoms with Crippen LogP contribution in [0.5, 0.6) is 5.75 Å². The Morgan fingerprint density at radius 2 is 1.71 bits per heavy atom. The fourth-order valence-electron chi connectivity index (χ4n) is 1.72. The summed E-state index contributed by atoms with van der Waals surface area (Å²) in [6.45, 7) is 0. The molecule has 0 radical (unpaired) electrons. The number of carbonyl (C=O) groups is 1. The molecule has 0 amide bonds. The normalized spacial score (nSPS) is 10.6. The second-order valence-electron chi connectivity index (χ2n) is 4.02. The zero-order valence-corrected chi connectivity index (χ0v) is 13.5. The number of methoxy groups -OCH3 is 1. The number of carbonyl (C=O) groups excluding carboxylic acids is 1. The van der Waals surface area contributed by atoms with Gasteiger partial charge in [-0.1, -0.05) is 46.4 Å². The van der Waals surface area contributed by atoms with Crippen molar-refractivity contribution in [1.29, 1.82) is 0 Å². The molecule has 2 aromatic rings. The summed E-state index contributed by atoms with van der Waals surface area (Å²) < 4.78 is 18.8. The third-order valence-electron chi connectivity index (χ3n) is 2.76. The Morgan fingerprint density at radius 1 is 1.05 bits per heavy atom. The van der Waals surface area contributed by atoms with Gasteiger partial charge in [0.15, 0.2) is 5.78 Å². The second-order valence-corrected chi connectivity index (χ2v) is 5.59. The van der Waals surface area contributed by atoms with Crippen LogP contribution < -0.4 is 4.74 Å². The lowest BCUT2D eigenvalue weighted by Gasteiger charge is -2.10. The molecule has 2 nitrogen and oxygen atoms in total. The molecule has 0 unspecified atom stereocenters. The van der Waals surface area contributed by atoms with E-state index in [0.29, 0.717) is 0 Å². The predicted octanol–water partition coefficient (Wildman–Crippen LogP) is 5.68. The zero-order chi connectivity index (χ0) is 15.7. The molecule has 2 aromatic carbocycles. The number of halogens is 5. The number of benzene rings is 2. The summed E-state index contributed by atoms with van der Waals surface area (Å²) in [7, 11) is 1.39. The van der Waals surface area contributed by atoms with Gasteiger partial charge in [-0.25, -0.2) is 4.39 Å². The first-order chi connectivity index (χ1) is 9.86. The lowest BCUT2D eigenvalue weighted by Crippen LogP contribution is -2.06. The Bertz CT molecular complexity index is 731. The molecule has 2 rings (SSSR count). The van der Waals surface area contributed by atoms with Crippen molar-refractivity contribution in [2.45, 2.75) is 0 Å². The summed E-state index contributed by atoms with van der Waals surface area (Å²) in [5.74, 6) is -1.16. The number of hydrogen-bond donors (Lipinski definition) is 0. The van der Waals surface area contributed by atoms with Gasteiger partial charge in [0.05, 0.1) is 38.3 Å². The molecule has 0 heterocycles. The number of hydrogen-bond acceptors (Lipinski definition) is 2. The van der Waals surface area contributed by atoms with E-state index in [0.717, 1.165) is 6.07 Å². The van der Waals surface area contributed by atoms with Crippen LogP contribution in [0.3, 0.4) is 0 Å². The quantitative estimate of drug-likeness (QED) is 0.396. The summed E-state index contributed by atoms with van der Waals surface area (Å²) in [5, 5.41) is -0.0255. The van der Waals surface area contributed by atoms with E-state index in [1.165, 1.54) is 25.3 Å². The molecule has 0 saturated carbocycles. The highest BCUT2D eigenvalue weighted by molar-refractivity contribution is 6.51. The zero-order valence-electron chi connectivity index (χ0n) is 10.5. The van der Waals surface area contributed by atoms with Crippen LogP contribution in [0.15, 0.2) is 24.3 Å². The van der Waals surface area contributed by atoms with Crippen molar-refractivity contribution < 1.29 is 13.9 Å². The van der Waals surface area contributed by atoms with Gasteiger partial charge < -0.3 is 4.74 Å². The van der Waals surface area contributed by atoms with Crippen LogP contribution >= 0.6 is 46.4 Å². The summed E-state index contributed by atoms with van der Waals surface area (Å²) in [4.78, 5) is 12.4. The van der Waals surface area contributed by atoms with Gasteiger partial charge >= 0.3 is 0 Å². The van der Waals surface area contributed by atoms with Gasteiger partial charge in [0.25, 0.3) is 0 Å². The average molecular weight is 368 g/mol. The van der Waals surface area contributed by atoms with Crippen molar-refractivity contribution in [2.75, 3.05) is 7.11 Å². The van der Waals surface area contributed by atoms with Gasteiger partial charge in [0.1, 0.15) is 11.6 Å². The summed E-state index contributed by atoms with van der Waals surface area (Å²) in [5.41, 5.74) is -0.296. The second kappa shape index (κ2) is 6.41. The molecule has 110 valence electrons. The van der Waals surface area contributed by atoms with Crippen LogP contribution in [-0.2, 0) is 0 Å². The smallest absolute Gasteiger partial charge is 0.199 e. The van der Waals surface area contributed by atoms with E-state index in [-0.39, 0.29) is 37.0 Å². The van der Waals surface area contributed by atoms with Crippen molar-refractivity contribution >= 4 is 52.2 Å². The Kier molecular flexibility index (Phi) is 4.99. The maximum atomic E-state index is 14.0. The Morgan fingerprint density at radius 3 is 2.29 bits per heavy atom. The van der Waals surface area contributed by atoms with Crippen molar-refractivity contribution in [2.24, 2.45) is 0 Å². The fourth-order valence-corrected chi connectivity index (χ4v) is 2.80. The van der Waals surface area contributed by atoms with E-state index < -0.39 is 11.6 Å². The maximum Gasteiger partial charge on any atom is 0.199 e. The Labute approximate surface area is 140 Å². The van der Waals surface area contributed by atoms with Crippen LogP contribution in [0.4, 0.5) is 4.39 Å². The number of ketones is 1. The minimum absolute atomic E-state index is 0.00498. The first-order valence-corrected chi connectivity index (χ1v) is 7.09. The van der Waals surface area contributed by atoms with Gasteiger partial charge in [0.2, 0.25) is 0 Å². The molecule has 0 aliphatic heterocycles. The molecule has 0 bridgehead atoms. The third-order valence-corrected chi connectivity index (χ3v) is 4.32. The van der Waals surface area contributed by atoms with Crippen molar-refractivity contribution in [1.82, 2.24) is 0 Å². The summed E-state index contributed by atoms with van der Waals surface area (Å²) in [6, 6.07) is 5.11. The van der Waals surface area contributed by atoms with E-state index in [9.17, 15) is 9.18 Å². The molecule has 0 fully saturated rings. The van der Waals surface area contributed by atoms with Gasteiger partial charge in [0, 0.05) is 6.07 Å². The number of rotatable bonds is 3. The summed E-state index contributed by atoms with van der Waals surface area (Å²) >= 11 is 23.7. The average Bonchev–Trinajstić information content (AvgIpc) is 2.44. The highest BCUT2D eigenvalue weighted by Gasteiger charge is 2.23. The van der Waals surface area contributed by atoms with Crippen molar-refractivity contribution in [3.63, 3.8) is 0 Å². The Balaban J connectivity index is 2.58. The van der Waals surface area contributed by atoms with Crippen LogP contribution in [0.1, 0.15) is 15.9 Å². The molecule has 0 saturated heterocycles. The minimum Gasteiger partial charge on any atom is -0.497 e. The van der Waals surface area contributed by atoms with Gasteiger partial charge in [-0.3, -0.25) is 4.79 Å². The van der Waals surface area contributed by atoms with Gasteiger partial charge in [-0.15, -0.1) is 0 Å². The van der Waals surface area contributed by atoms with Crippen LogP contribution in [0, 0.1) is 5.82 Å². The van der Waals surface area contributed by atoms with Gasteiger partial charge in [-0.2, -0.15) is 0 Å². The van der Waals surface area contributed by atoms with E-state index >= 15 is 0 Å². The fraction of sp³-hybridized carbons (Fsp3) is 0.0714. The first-order valence-electron chi connectivity index (χ1n) is 5.58. The maximum absolute atomic E-state index is 14.0. The highest BCUT2D eigenvalue weighted by atomic mass is 35.5. The molecule has 0 spiro atoms. The number of ether oxygens (including phenoxy) is 1. The van der Waals surface area contributed by atoms with E-state index in [1.807, 2.05) is 0 Å². The third kappa shape index (κ3) is 3.11. The van der Waals surface area contributed by atoms with Crippen LogP contribution in [-0.4, -0.2) is 12.9 Å². The lowest BCUT2D eigenvalue weighted by atomic mass is 10.0. The van der Waals surface area contributed by atoms with Crippen LogP contribution in [0.2, 0.25) is 20.1 Å². The van der Waals surface area contributed by atoms with Gasteiger partial charge in [-0.05, 0) is 18.2 Å². The summed E-state index contributed by atoms with van der Waals surface area (Å²) in [6.07, 6.45) is 0. The highest BCUT2D eigenvalue weighted by Crippen LogP contribution is 2.38. The largest absolute Gasteiger partial charge is 0.497 e. The molecular formula is C14H7Cl4FO2. The predicted molar refractivity (Wildman–Crippen MR) is 82.9 cm³/mol. The van der Waals surface area contributed by atoms with Crippen molar-refractivity contribution in [3.8, 4) is 5.75 Å². The first kappa shape index (κ1) is 16.4. The lowest BCUT2D eigenvalue weighted by molar-refractivity contribution is 0.103. The molecule has 21 heavy (non-hydrogen) atoms.